The first-order valence-electron chi connectivity index (χ1n) is 6.75. The van der Waals surface area contributed by atoms with E-state index in [4.69, 9.17) is 5.11 Å². The molecule has 0 aromatic heterocycles. The fourth-order valence-corrected chi connectivity index (χ4v) is 2.63. The fourth-order valence-electron chi connectivity index (χ4n) is 2.63. The average Bonchev–Trinajstić information content (AvgIpc) is 2.93. The first-order chi connectivity index (χ1) is 9.13. The summed E-state index contributed by atoms with van der Waals surface area (Å²) in [5, 5.41) is 8.85. The Morgan fingerprint density at radius 2 is 1.68 bits per heavy atom. The SMILES string of the molecule is CCC(C(=O)c1ccc(C(=O)O)cc1)N1CCCC1. The zero-order chi connectivity index (χ0) is 13.8. The molecule has 1 heterocycles. The normalized spacial score (nSPS) is 17.3. The lowest BCUT2D eigenvalue weighted by molar-refractivity contribution is 0.0696. The van der Waals surface area contributed by atoms with Crippen molar-refractivity contribution in [3.8, 4) is 0 Å². The molecule has 1 aromatic rings. The van der Waals surface area contributed by atoms with Crippen molar-refractivity contribution < 1.29 is 14.7 Å². The molecule has 1 aliphatic rings. The minimum atomic E-state index is -0.967. The first kappa shape index (κ1) is 13.7. The highest BCUT2D eigenvalue weighted by Crippen LogP contribution is 2.18. The van der Waals surface area contributed by atoms with E-state index in [0.717, 1.165) is 32.4 Å². The van der Waals surface area contributed by atoms with Crippen molar-refractivity contribution in [2.45, 2.75) is 32.2 Å². The van der Waals surface area contributed by atoms with Crippen molar-refractivity contribution in [3.63, 3.8) is 0 Å². The van der Waals surface area contributed by atoms with E-state index in [-0.39, 0.29) is 17.4 Å². The number of hydrogen-bond donors (Lipinski definition) is 1. The summed E-state index contributed by atoms with van der Waals surface area (Å²) in [6.45, 7) is 3.99. The maximum atomic E-state index is 12.5. The number of carbonyl (C=O) groups is 2. The number of Topliss-reactive ketones (excluding diaryl/α,β-unsaturated/α-hetero) is 1. The van der Waals surface area contributed by atoms with Crippen LogP contribution in [0.1, 0.15) is 46.9 Å². The van der Waals surface area contributed by atoms with Gasteiger partial charge in [0.1, 0.15) is 0 Å². The standard InChI is InChI=1S/C15H19NO3/c1-2-13(16-9-3-4-10-16)14(17)11-5-7-12(8-6-11)15(18)19/h5-8,13H,2-4,9-10H2,1H3,(H,18,19). The molecule has 1 atom stereocenters. The van der Waals surface area contributed by atoms with Gasteiger partial charge in [0.15, 0.2) is 5.78 Å². The van der Waals surface area contributed by atoms with Crippen molar-refractivity contribution in [1.29, 1.82) is 0 Å². The monoisotopic (exact) mass is 261 g/mol. The molecule has 1 aliphatic heterocycles. The molecular formula is C15H19NO3. The van der Waals surface area contributed by atoms with Crippen LogP contribution in [0.15, 0.2) is 24.3 Å². The molecule has 4 nitrogen and oxygen atoms in total. The van der Waals surface area contributed by atoms with Gasteiger partial charge >= 0.3 is 5.97 Å². The molecule has 0 radical (unpaired) electrons. The summed E-state index contributed by atoms with van der Waals surface area (Å²) in [6, 6.07) is 6.14. The second-order valence-electron chi connectivity index (χ2n) is 4.91. The highest BCUT2D eigenvalue weighted by Gasteiger charge is 2.27. The van der Waals surface area contributed by atoms with Crippen molar-refractivity contribution >= 4 is 11.8 Å². The topological polar surface area (TPSA) is 57.6 Å². The predicted octanol–water partition coefficient (Wildman–Crippen LogP) is 2.44. The second-order valence-corrected chi connectivity index (χ2v) is 4.91. The third-order valence-electron chi connectivity index (χ3n) is 3.69. The summed E-state index contributed by atoms with van der Waals surface area (Å²) in [4.78, 5) is 25.5. The molecule has 0 spiro atoms. The van der Waals surface area contributed by atoms with Crippen molar-refractivity contribution in [2.75, 3.05) is 13.1 Å². The smallest absolute Gasteiger partial charge is 0.335 e. The Bertz CT molecular complexity index is 461. The van der Waals surface area contributed by atoms with E-state index >= 15 is 0 Å². The summed E-state index contributed by atoms with van der Waals surface area (Å²) in [5.41, 5.74) is 0.814. The van der Waals surface area contributed by atoms with Crippen LogP contribution in [0.25, 0.3) is 0 Å². The minimum Gasteiger partial charge on any atom is -0.478 e. The summed E-state index contributed by atoms with van der Waals surface area (Å²) in [7, 11) is 0. The van der Waals surface area contributed by atoms with Gasteiger partial charge in [0.25, 0.3) is 0 Å². The lowest BCUT2D eigenvalue weighted by Gasteiger charge is -2.25. The molecule has 0 saturated carbocycles. The molecule has 19 heavy (non-hydrogen) atoms. The molecule has 0 bridgehead atoms. The number of ketones is 1. The Labute approximate surface area is 113 Å². The summed E-state index contributed by atoms with van der Waals surface area (Å²) < 4.78 is 0. The highest BCUT2D eigenvalue weighted by atomic mass is 16.4. The number of carbonyl (C=O) groups excluding carboxylic acids is 1. The quantitative estimate of drug-likeness (QED) is 0.827. The summed E-state index contributed by atoms with van der Waals surface area (Å²) in [5.74, 6) is -0.869. The van der Waals surface area contributed by atoms with Gasteiger partial charge in [-0.25, -0.2) is 4.79 Å². The summed E-state index contributed by atoms with van der Waals surface area (Å²) >= 11 is 0. The number of benzene rings is 1. The van der Waals surface area contributed by atoms with E-state index in [1.807, 2.05) is 6.92 Å². The lowest BCUT2D eigenvalue weighted by atomic mass is 10.00. The van der Waals surface area contributed by atoms with Gasteiger partial charge in [-0.05, 0) is 44.5 Å². The zero-order valence-electron chi connectivity index (χ0n) is 11.1. The molecule has 2 rings (SSSR count). The molecule has 1 fully saturated rings. The number of nitrogens with zero attached hydrogens (tertiary/aromatic N) is 1. The van der Waals surface area contributed by atoms with E-state index in [1.54, 1.807) is 12.1 Å². The van der Waals surface area contributed by atoms with Gasteiger partial charge in [0.2, 0.25) is 0 Å². The van der Waals surface area contributed by atoms with Gasteiger partial charge in [-0.1, -0.05) is 19.1 Å². The van der Waals surface area contributed by atoms with Gasteiger partial charge < -0.3 is 5.11 Å². The maximum Gasteiger partial charge on any atom is 0.335 e. The molecular weight excluding hydrogens is 242 g/mol. The van der Waals surface area contributed by atoms with Gasteiger partial charge in [-0.15, -0.1) is 0 Å². The first-order valence-corrected chi connectivity index (χ1v) is 6.75. The highest BCUT2D eigenvalue weighted by molar-refractivity contribution is 6.00. The number of hydrogen-bond acceptors (Lipinski definition) is 3. The van der Waals surface area contributed by atoms with Crippen molar-refractivity contribution in [1.82, 2.24) is 4.90 Å². The van der Waals surface area contributed by atoms with Crippen LogP contribution < -0.4 is 0 Å². The Morgan fingerprint density at radius 1 is 1.16 bits per heavy atom. The van der Waals surface area contributed by atoms with Crippen LogP contribution >= 0.6 is 0 Å². The van der Waals surface area contributed by atoms with Crippen LogP contribution in [-0.2, 0) is 0 Å². The third kappa shape index (κ3) is 3.01. The number of carboxylic acids is 1. The average molecular weight is 261 g/mol. The molecule has 4 heteroatoms. The number of carboxylic acid groups (broad SMARTS) is 1. The molecule has 102 valence electrons. The van der Waals surface area contributed by atoms with E-state index in [0.29, 0.717) is 5.56 Å². The van der Waals surface area contributed by atoms with E-state index in [1.165, 1.54) is 12.1 Å². The molecule has 1 aromatic carbocycles. The second kappa shape index (κ2) is 5.97. The summed E-state index contributed by atoms with van der Waals surface area (Å²) in [6.07, 6.45) is 3.10. The van der Waals surface area contributed by atoms with Crippen LogP contribution in [0.2, 0.25) is 0 Å². The molecule has 1 saturated heterocycles. The van der Waals surface area contributed by atoms with Crippen molar-refractivity contribution in [2.24, 2.45) is 0 Å². The van der Waals surface area contributed by atoms with Crippen LogP contribution in [0, 0.1) is 0 Å². The fraction of sp³-hybridized carbons (Fsp3) is 0.467. The number of aromatic carboxylic acids is 1. The van der Waals surface area contributed by atoms with Crippen LogP contribution in [0.3, 0.4) is 0 Å². The Kier molecular flexibility index (Phi) is 4.32. The van der Waals surface area contributed by atoms with E-state index < -0.39 is 5.97 Å². The van der Waals surface area contributed by atoms with Gasteiger partial charge in [0.05, 0.1) is 11.6 Å². The Hall–Kier alpha value is -1.68. The third-order valence-corrected chi connectivity index (χ3v) is 3.69. The minimum absolute atomic E-state index is 0.0711. The van der Waals surface area contributed by atoms with E-state index in [9.17, 15) is 9.59 Å². The van der Waals surface area contributed by atoms with E-state index in [2.05, 4.69) is 4.90 Å². The predicted molar refractivity (Wildman–Crippen MR) is 72.6 cm³/mol. The molecule has 1 unspecified atom stereocenters. The number of rotatable bonds is 5. The largest absolute Gasteiger partial charge is 0.478 e. The Morgan fingerprint density at radius 3 is 2.16 bits per heavy atom. The van der Waals surface area contributed by atoms with Crippen LogP contribution in [0.4, 0.5) is 0 Å². The molecule has 1 N–H and O–H groups in total. The number of likely N-dealkylation sites (tertiary alicyclic amines) is 1. The molecule has 0 amide bonds. The van der Waals surface area contributed by atoms with Crippen LogP contribution in [0.5, 0.6) is 0 Å². The Balaban J connectivity index is 2.14. The van der Waals surface area contributed by atoms with Gasteiger partial charge in [0, 0.05) is 5.56 Å². The van der Waals surface area contributed by atoms with Crippen molar-refractivity contribution in [3.05, 3.63) is 35.4 Å². The molecule has 0 aliphatic carbocycles. The maximum absolute atomic E-state index is 12.5. The lowest BCUT2D eigenvalue weighted by Crippen LogP contribution is -2.38. The zero-order valence-corrected chi connectivity index (χ0v) is 11.1. The van der Waals surface area contributed by atoms with Gasteiger partial charge in [-0.2, -0.15) is 0 Å². The van der Waals surface area contributed by atoms with Gasteiger partial charge in [-0.3, -0.25) is 9.69 Å². The van der Waals surface area contributed by atoms with Crippen LogP contribution in [-0.4, -0.2) is 40.9 Å².